The Bertz CT molecular complexity index is 1130. The highest BCUT2D eigenvalue weighted by atomic mass is 19.3. The van der Waals surface area contributed by atoms with Gasteiger partial charge in [-0.15, -0.1) is 0 Å². The first-order valence-electron chi connectivity index (χ1n) is 8.58. The maximum Gasteiger partial charge on any atom is 0.387 e. The van der Waals surface area contributed by atoms with E-state index in [1.165, 1.54) is 44.0 Å². The Morgan fingerprint density at radius 2 is 1.83 bits per heavy atom. The molecule has 1 aromatic carbocycles. The van der Waals surface area contributed by atoms with Gasteiger partial charge in [-0.1, -0.05) is 18.2 Å². The van der Waals surface area contributed by atoms with Crippen LogP contribution in [0.2, 0.25) is 0 Å². The third-order valence-electron chi connectivity index (χ3n) is 4.84. The summed E-state index contributed by atoms with van der Waals surface area (Å²) in [5.74, 6) is -1.85. The molecule has 1 unspecified atom stereocenters. The lowest BCUT2D eigenvalue weighted by Crippen LogP contribution is -2.43. The molecule has 1 aliphatic rings. The number of hydrogen-bond donors (Lipinski definition) is 1. The predicted octanol–water partition coefficient (Wildman–Crippen LogP) is 1.69. The van der Waals surface area contributed by atoms with Crippen LogP contribution in [0.5, 0.6) is 5.75 Å². The van der Waals surface area contributed by atoms with Crippen LogP contribution in [-0.2, 0) is 23.6 Å². The average molecular weight is 407 g/mol. The van der Waals surface area contributed by atoms with E-state index in [-0.39, 0.29) is 28.3 Å². The standard InChI is InChI=1S/C19H19F2N3O5/c1-9-12(17(26)28-4)13(10-7-5-6-8-11(10)29-18(20)21)14-15(22-9)23(2)19(27)24(3)16(14)25/h5-8,13,18,22H,1-4H3. The SMILES string of the molecule is COC(=O)C1=C(C)Nc2c(c(=O)n(C)c(=O)n2C)C1c1ccccc1OC(F)F. The van der Waals surface area contributed by atoms with Gasteiger partial charge in [0.15, 0.2) is 0 Å². The predicted molar refractivity (Wildman–Crippen MR) is 100 cm³/mol. The van der Waals surface area contributed by atoms with Gasteiger partial charge in [-0.3, -0.25) is 13.9 Å². The molecule has 0 fully saturated rings. The fraction of sp³-hybridized carbons (Fsp3) is 0.316. The van der Waals surface area contributed by atoms with Crippen molar-refractivity contribution in [2.75, 3.05) is 12.4 Å². The molecule has 0 amide bonds. The number of fused-ring (bicyclic) bond motifs is 1. The summed E-state index contributed by atoms with van der Waals surface area (Å²) in [6.45, 7) is -1.53. The number of allylic oxidation sites excluding steroid dienone is 1. The molecule has 154 valence electrons. The van der Waals surface area contributed by atoms with Crippen molar-refractivity contribution in [2.24, 2.45) is 14.1 Å². The molecule has 29 heavy (non-hydrogen) atoms. The first kappa shape index (κ1) is 20.3. The Morgan fingerprint density at radius 1 is 1.17 bits per heavy atom. The van der Waals surface area contributed by atoms with Crippen LogP contribution in [0.25, 0.3) is 0 Å². The number of ether oxygens (including phenoxy) is 2. The molecule has 0 aliphatic carbocycles. The third-order valence-corrected chi connectivity index (χ3v) is 4.84. The van der Waals surface area contributed by atoms with Gasteiger partial charge < -0.3 is 14.8 Å². The monoisotopic (exact) mass is 407 g/mol. The van der Waals surface area contributed by atoms with Gasteiger partial charge in [0.05, 0.1) is 24.2 Å². The number of methoxy groups -OCH3 is 1. The summed E-state index contributed by atoms with van der Waals surface area (Å²) in [6, 6.07) is 5.88. The average Bonchev–Trinajstić information content (AvgIpc) is 2.69. The Balaban J connectivity index is 2.42. The highest BCUT2D eigenvalue weighted by molar-refractivity contribution is 5.94. The lowest BCUT2D eigenvalue weighted by Gasteiger charge is -2.31. The molecule has 2 aromatic rings. The minimum absolute atomic E-state index is 0.0471. The lowest BCUT2D eigenvalue weighted by atomic mass is 9.81. The number of para-hydroxylation sites is 1. The van der Waals surface area contributed by atoms with E-state index in [2.05, 4.69) is 10.1 Å². The summed E-state index contributed by atoms with van der Waals surface area (Å²) in [5, 5.41) is 2.90. The minimum atomic E-state index is -3.10. The highest BCUT2D eigenvalue weighted by Gasteiger charge is 2.38. The van der Waals surface area contributed by atoms with Crippen LogP contribution in [0.1, 0.15) is 24.0 Å². The summed E-state index contributed by atoms with van der Waals surface area (Å²) < 4.78 is 37.6. The Hall–Kier alpha value is -3.43. The number of rotatable bonds is 4. The van der Waals surface area contributed by atoms with Gasteiger partial charge in [0.25, 0.3) is 5.56 Å². The second-order valence-electron chi connectivity index (χ2n) is 6.47. The number of carbonyl (C=O) groups is 1. The lowest BCUT2D eigenvalue weighted by molar-refractivity contribution is -0.136. The number of esters is 1. The fourth-order valence-corrected chi connectivity index (χ4v) is 3.50. The van der Waals surface area contributed by atoms with E-state index in [4.69, 9.17) is 4.74 Å². The second kappa shape index (κ2) is 7.53. The van der Waals surface area contributed by atoms with Crippen LogP contribution in [-0.4, -0.2) is 28.8 Å². The molecule has 0 spiro atoms. The number of anilines is 1. The molecule has 3 rings (SSSR count). The molecule has 2 heterocycles. The zero-order valence-electron chi connectivity index (χ0n) is 16.2. The van der Waals surface area contributed by atoms with Crippen LogP contribution >= 0.6 is 0 Å². The molecule has 0 saturated carbocycles. The number of aromatic nitrogens is 2. The van der Waals surface area contributed by atoms with Crippen molar-refractivity contribution in [3.05, 3.63) is 67.5 Å². The number of benzene rings is 1. The van der Waals surface area contributed by atoms with Gasteiger partial charge in [0, 0.05) is 25.4 Å². The van der Waals surface area contributed by atoms with Crippen molar-refractivity contribution in [3.63, 3.8) is 0 Å². The number of hydrogen-bond acceptors (Lipinski definition) is 6. The normalized spacial score (nSPS) is 15.8. The van der Waals surface area contributed by atoms with Crippen LogP contribution in [0, 0.1) is 0 Å². The van der Waals surface area contributed by atoms with E-state index in [0.717, 1.165) is 4.57 Å². The smallest absolute Gasteiger partial charge is 0.387 e. The van der Waals surface area contributed by atoms with Crippen LogP contribution in [0.4, 0.5) is 14.6 Å². The van der Waals surface area contributed by atoms with E-state index in [1.807, 2.05) is 0 Å². The van der Waals surface area contributed by atoms with Crippen molar-refractivity contribution in [1.82, 2.24) is 9.13 Å². The van der Waals surface area contributed by atoms with Crippen molar-refractivity contribution in [2.45, 2.75) is 19.5 Å². The molecule has 1 aliphatic heterocycles. The zero-order valence-corrected chi connectivity index (χ0v) is 16.2. The van der Waals surface area contributed by atoms with E-state index < -0.39 is 29.7 Å². The van der Waals surface area contributed by atoms with Gasteiger partial charge in [0.1, 0.15) is 11.6 Å². The highest BCUT2D eigenvalue weighted by Crippen LogP contribution is 2.43. The van der Waals surface area contributed by atoms with Crippen molar-refractivity contribution in [1.29, 1.82) is 0 Å². The molecule has 1 N–H and O–H groups in total. The van der Waals surface area contributed by atoms with Gasteiger partial charge in [-0.25, -0.2) is 9.59 Å². The topological polar surface area (TPSA) is 91.6 Å². The van der Waals surface area contributed by atoms with Crippen molar-refractivity contribution < 1.29 is 23.0 Å². The molecule has 0 saturated heterocycles. The van der Waals surface area contributed by atoms with Crippen LogP contribution in [0.3, 0.4) is 0 Å². The molecule has 1 atom stereocenters. The van der Waals surface area contributed by atoms with E-state index in [9.17, 15) is 23.2 Å². The molecular weight excluding hydrogens is 388 g/mol. The van der Waals surface area contributed by atoms with Crippen LogP contribution < -0.4 is 21.3 Å². The zero-order chi connectivity index (χ0) is 21.5. The molecule has 8 nitrogen and oxygen atoms in total. The first-order valence-corrected chi connectivity index (χ1v) is 8.58. The van der Waals surface area contributed by atoms with Crippen molar-refractivity contribution in [3.8, 4) is 5.75 Å². The molecular formula is C19H19F2N3O5. The molecule has 0 radical (unpaired) electrons. The summed E-state index contributed by atoms with van der Waals surface area (Å²) in [7, 11) is 3.94. The summed E-state index contributed by atoms with van der Waals surface area (Å²) in [4.78, 5) is 37.9. The number of carbonyl (C=O) groups excluding carboxylic acids is 1. The summed E-state index contributed by atoms with van der Waals surface area (Å²) in [6.07, 6.45) is 0. The molecule has 10 heteroatoms. The maximum atomic E-state index is 13.0. The quantitative estimate of drug-likeness (QED) is 0.776. The number of alkyl halides is 2. The Morgan fingerprint density at radius 3 is 2.45 bits per heavy atom. The van der Waals surface area contributed by atoms with E-state index >= 15 is 0 Å². The Labute approximate surface area is 164 Å². The van der Waals surface area contributed by atoms with Gasteiger partial charge in [-0.2, -0.15) is 8.78 Å². The van der Waals surface area contributed by atoms with Gasteiger partial charge in [-0.05, 0) is 13.0 Å². The third kappa shape index (κ3) is 3.30. The number of nitrogens with one attached hydrogen (secondary N) is 1. The minimum Gasteiger partial charge on any atom is -0.466 e. The van der Waals surface area contributed by atoms with E-state index in [1.54, 1.807) is 13.0 Å². The number of nitrogens with zero attached hydrogens (tertiary/aromatic N) is 2. The summed E-state index contributed by atoms with van der Waals surface area (Å²) in [5.41, 5.74) is -0.643. The Kier molecular flexibility index (Phi) is 5.27. The maximum absolute atomic E-state index is 13.0. The van der Waals surface area contributed by atoms with Gasteiger partial charge in [0.2, 0.25) is 0 Å². The van der Waals surface area contributed by atoms with E-state index in [0.29, 0.717) is 5.70 Å². The molecule has 1 aromatic heterocycles. The first-order chi connectivity index (χ1) is 13.7. The van der Waals surface area contributed by atoms with Crippen molar-refractivity contribution >= 4 is 11.8 Å². The molecule has 0 bridgehead atoms. The van der Waals surface area contributed by atoms with Crippen LogP contribution in [0.15, 0.2) is 45.1 Å². The largest absolute Gasteiger partial charge is 0.466 e. The summed E-state index contributed by atoms with van der Waals surface area (Å²) >= 11 is 0. The second-order valence-corrected chi connectivity index (χ2v) is 6.47. The van der Waals surface area contributed by atoms with Gasteiger partial charge >= 0.3 is 18.3 Å². The fourth-order valence-electron chi connectivity index (χ4n) is 3.50. The number of halogens is 2.